The second-order valence-corrected chi connectivity index (χ2v) is 6.13. The fraction of sp³-hybridized carbons (Fsp3) is 0.562. The molecule has 0 bridgehead atoms. The lowest BCUT2D eigenvalue weighted by Gasteiger charge is -2.26. The van der Waals surface area contributed by atoms with Crippen molar-refractivity contribution >= 4 is 11.6 Å². The molecular weight excluding hydrogens is 268 g/mol. The Labute approximate surface area is 124 Å². The molecule has 1 aliphatic carbocycles. The number of ether oxygens (including phenoxy) is 2. The molecule has 0 aromatic heterocycles. The van der Waals surface area contributed by atoms with Gasteiger partial charge in [0.05, 0.1) is 5.56 Å². The van der Waals surface area contributed by atoms with E-state index in [1.54, 1.807) is 12.1 Å². The summed E-state index contributed by atoms with van der Waals surface area (Å²) in [5.41, 5.74) is 6.81. The SMILES string of the molecule is CC1CCC(CNC(=O)c2cc3c(cc2N)OCO3)CC1. The third-order valence-corrected chi connectivity index (χ3v) is 4.48. The molecule has 3 N–H and O–H groups in total. The van der Waals surface area contributed by atoms with Crippen molar-refractivity contribution in [2.24, 2.45) is 11.8 Å². The number of fused-ring (bicyclic) bond motifs is 1. The van der Waals surface area contributed by atoms with Crippen LogP contribution < -0.4 is 20.5 Å². The molecular formula is C16H22N2O3. The van der Waals surface area contributed by atoms with E-state index in [4.69, 9.17) is 15.2 Å². The molecule has 1 fully saturated rings. The monoisotopic (exact) mass is 290 g/mol. The lowest BCUT2D eigenvalue weighted by atomic mass is 9.83. The topological polar surface area (TPSA) is 73.6 Å². The molecule has 0 spiro atoms. The predicted octanol–water partition coefficient (Wildman–Crippen LogP) is 2.55. The zero-order valence-corrected chi connectivity index (χ0v) is 12.4. The van der Waals surface area contributed by atoms with Gasteiger partial charge in [-0.2, -0.15) is 0 Å². The average molecular weight is 290 g/mol. The second kappa shape index (κ2) is 5.84. The number of nitrogen functional groups attached to an aromatic ring is 1. The first-order chi connectivity index (χ1) is 10.1. The van der Waals surface area contributed by atoms with Gasteiger partial charge in [0.15, 0.2) is 11.5 Å². The van der Waals surface area contributed by atoms with E-state index in [2.05, 4.69) is 12.2 Å². The Bertz CT molecular complexity index is 537. The summed E-state index contributed by atoms with van der Waals surface area (Å²) in [5, 5.41) is 3.00. The Morgan fingerprint density at radius 3 is 2.62 bits per heavy atom. The number of hydrogen-bond acceptors (Lipinski definition) is 4. The highest BCUT2D eigenvalue weighted by Crippen LogP contribution is 2.36. The summed E-state index contributed by atoms with van der Waals surface area (Å²) in [6.07, 6.45) is 4.90. The fourth-order valence-corrected chi connectivity index (χ4v) is 3.02. The maximum Gasteiger partial charge on any atom is 0.253 e. The summed E-state index contributed by atoms with van der Waals surface area (Å²) in [5.74, 6) is 2.46. The van der Waals surface area contributed by atoms with Crippen LogP contribution in [-0.4, -0.2) is 19.2 Å². The highest BCUT2D eigenvalue weighted by molar-refractivity contribution is 6.00. The summed E-state index contributed by atoms with van der Waals surface area (Å²) >= 11 is 0. The number of hydrogen-bond donors (Lipinski definition) is 2. The minimum atomic E-state index is -0.135. The third-order valence-electron chi connectivity index (χ3n) is 4.48. The third kappa shape index (κ3) is 3.06. The zero-order chi connectivity index (χ0) is 14.8. The maximum atomic E-state index is 12.3. The van der Waals surface area contributed by atoms with Crippen molar-refractivity contribution < 1.29 is 14.3 Å². The summed E-state index contributed by atoms with van der Waals surface area (Å²) < 4.78 is 10.5. The molecule has 0 atom stereocenters. The van der Waals surface area contributed by atoms with Crippen LogP contribution in [0.4, 0.5) is 5.69 Å². The van der Waals surface area contributed by atoms with Crippen LogP contribution in [0.1, 0.15) is 43.0 Å². The van der Waals surface area contributed by atoms with Gasteiger partial charge >= 0.3 is 0 Å². The van der Waals surface area contributed by atoms with Gasteiger partial charge in [0.25, 0.3) is 5.91 Å². The van der Waals surface area contributed by atoms with E-state index >= 15 is 0 Å². The van der Waals surface area contributed by atoms with E-state index in [-0.39, 0.29) is 12.7 Å². The van der Waals surface area contributed by atoms with Gasteiger partial charge < -0.3 is 20.5 Å². The molecule has 1 saturated carbocycles. The quantitative estimate of drug-likeness (QED) is 0.839. The highest BCUT2D eigenvalue weighted by Gasteiger charge is 2.22. The standard InChI is InChI=1S/C16H22N2O3/c1-10-2-4-11(5-3-10)8-18-16(19)12-6-14-15(7-13(12)17)21-9-20-14/h6-7,10-11H,2-5,8-9,17H2,1H3,(H,18,19). The normalized spacial score (nSPS) is 23.9. The number of nitrogens with one attached hydrogen (secondary N) is 1. The van der Waals surface area contributed by atoms with Crippen molar-refractivity contribution in [3.8, 4) is 11.5 Å². The van der Waals surface area contributed by atoms with Crippen molar-refractivity contribution in [2.45, 2.75) is 32.6 Å². The van der Waals surface area contributed by atoms with Gasteiger partial charge in [0.2, 0.25) is 6.79 Å². The number of rotatable bonds is 3. The van der Waals surface area contributed by atoms with Crippen LogP contribution in [0.15, 0.2) is 12.1 Å². The Morgan fingerprint density at radius 2 is 1.90 bits per heavy atom. The molecule has 5 heteroatoms. The van der Waals surface area contributed by atoms with E-state index in [1.807, 2.05) is 0 Å². The molecule has 5 nitrogen and oxygen atoms in total. The average Bonchev–Trinajstić information content (AvgIpc) is 2.92. The van der Waals surface area contributed by atoms with Crippen LogP contribution in [0, 0.1) is 11.8 Å². The van der Waals surface area contributed by atoms with Gasteiger partial charge in [-0.3, -0.25) is 4.79 Å². The molecule has 1 heterocycles. The number of nitrogens with two attached hydrogens (primary N) is 1. The fourth-order valence-electron chi connectivity index (χ4n) is 3.02. The van der Waals surface area contributed by atoms with Gasteiger partial charge in [-0.15, -0.1) is 0 Å². The van der Waals surface area contributed by atoms with Crippen LogP contribution in [0.3, 0.4) is 0 Å². The molecule has 0 radical (unpaired) electrons. The smallest absolute Gasteiger partial charge is 0.253 e. The number of benzene rings is 1. The number of amides is 1. The number of anilines is 1. The van der Waals surface area contributed by atoms with Crippen LogP contribution in [0.25, 0.3) is 0 Å². The minimum Gasteiger partial charge on any atom is -0.454 e. The van der Waals surface area contributed by atoms with Gasteiger partial charge in [-0.05, 0) is 30.7 Å². The Balaban J connectivity index is 1.61. The summed E-state index contributed by atoms with van der Waals surface area (Å²) in [7, 11) is 0. The summed E-state index contributed by atoms with van der Waals surface area (Å²) in [4.78, 5) is 12.3. The second-order valence-electron chi connectivity index (χ2n) is 6.13. The van der Waals surface area contributed by atoms with Crippen LogP contribution in [-0.2, 0) is 0 Å². The van der Waals surface area contributed by atoms with Crippen molar-refractivity contribution in [1.82, 2.24) is 5.32 Å². The molecule has 0 saturated heterocycles. The largest absolute Gasteiger partial charge is 0.454 e. The first-order valence-electron chi connectivity index (χ1n) is 7.61. The van der Waals surface area contributed by atoms with E-state index in [9.17, 15) is 4.79 Å². The van der Waals surface area contributed by atoms with Gasteiger partial charge in [-0.1, -0.05) is 19.8 Å². The van der Waals surface area contributed by atoms with Crippen LogP contribution in [0.2, 0.25) is 0 Å². The Morgan fingerprint density at radius 1 is 1.24 bits per heavy atom. The Hall–Kier alpha value is -1.91. The molecule has 0 unspecified atom stereocenters. The van der Waals surface area contributed by atoms with Crippen molar-refractivity contribution in [2.75, 3.05) is 19.1 Å². The number of carbonyl (C=O) groups excluding carboxylic acids is 1. The molecule has 3 rings (SSSR count). The predicted molar refractivity (Wildman–Crippen MR) is 80.4 cm³/mol. The number of carbonyl (C=O) groups is 1. The van der Waals surface area contributed by atoms with Crippen molar-refractivity contribution in [3.05, 3.63) is 17.7 Å². The first-order valence-corrected chi connectivity index (χ1v) is 7.61. The summed E-state index contributed by atoms with van der Waals surface area (Å²) in [6.45, 7) is 3.20. The van der Waals surface area contributed by atoms with Crippen molar-refractivity contribution in [1.29, 1.82) is 0 Å². The van der Waals surface area contributed by atoms with E-state index < -0.39 is 0 Å². The molecule has 1 aromatic rings. The lowest BCUT2D eigenvalue weighted by molar-refractivity contribution is 0.0942. The molecule has 114 valence electrons. The zero-order valence-electron chi connectivity index (χ0n) is 12.4. The van der Waals surface area contributed by atoms with Gasteiger partial charge in [-0.25, -0.2) is 0 Å². The van der Waals surface area contributed by atoms with E-state index in [0.717, 1.165) is 12.5 Å². The maximum absolute atomic E-state index is 12.3. The first kappa shape index (κ1) is 14.0. The molecule has 1 aliphatic heterocycles. The van der Waals surface area contributed by atoms with Gasteiger partial charge in [0.1, 0.15) is 0 Å². The van der Waals surface area contributed by atoms with Gasteiger partial charge in [0, 0.05) is 18.3 Å². The molecule has 1 aromatic carbocycles. The van der Waals surface area contributed by atoms with E-state index in [0.29, 0.717) is 28.7 Å². The summed E-state index contributed by atoms with van der Waals surface area (Å²) in [6, 6.07) is 3.31. The van der Waals surface area contributed by atoms with E-state index in [1.165, 1.54) is 25.7 Å². The van der Waals surface area contributed by atoms with Crippen LogP contribution >= 0.6 is 0 Å². The molecule has 2 aliphatic rings. The minimum absolute atomic E-state index is 0.135. The highest BCUT2D eigenvalue weighted by atomic mass is 16.7. The Kier molecular flexibility index (Phi) is 3.90. The van der Waals surface area contributed by atoms with Crippen LogP contribution in [0.5, 0.6) is 11.5 Å². The lowest BCUT2D eigenvalue weighted by Crippen LogP contribution is -2.31. The molecule has 21 heavy (non-hydrogen) atoms. The van der Waals surface area contributed by atoms with Crippen molar-refractivity contribution in [3.63, 3.8) is 0 Å². The molecule has 1 amide bonds.